The molecule has 1 aromatic heterocycles. The summed E-state index contributed by atoms with van der Waals surface area (Å²) in [5.74, 6) is -0.770. The Labute approximate surface area is 146 Å². The Bertz CT molecular complexity index is 762. The first-order valence-electron chi connectivity index (χ1n) is 8.21. The van der Waals surface area contributed by atoms with Crippen molar-refractivity contribution in [3.05, 3.63) is 53.6 Å². The molecule has 0 spiro atoms. The highest BCUT2D eigenvalue weighted by molar-refractivity contribution is 5.95. The van der Waals surface area contributed by atoms with Crippen molar-refractivity contribution in [2.24, 2.45) is 0 Å². The molecular weight excluding hydrogens is 323 g/mol. The van der Waals surface area contributed by atoms with Gasteiger partial charge in [0.1, 0.15) is 5.82 Å². The van der Waals surface area contributed by atoms with E-state index in [2.05, 4.69) is 15.3 Å². The van der Waals surface area contributed by atoms with Crippen LogP contribution in [0.4, 0.5) is 15.8 Å². The summed E-state index contributed by atoms with van der Waals surface area (Å²) in [6.45, 7) is 3.56. The Morgan fingerprint density at radius 2 is 2.08 bits per heavy atom. The number of hydrogen-bond donors (Lipinski definition) is 1. The molecule has 1 aromatic carbocycles. The van der Waals surface area contributed by atoms with Crippen LogP contribution >= 0.6 is 0 Å². The molecule has 0 aliphatic carbocycles. The van der Waals surface area contributed by atoms with Crippen molar-refractivity contribution in [1.82, 2.24) is 10.2 Å². The first kappa shape index (κ1) is 17.2. The van der Waals surface area contributed by atoms with Crippen molar-refractivity contribution in [2.45, 2.75) is 19.8 Å². The van der Waals surface area contributed by atoms with Crippen LogP contribution in [-0.2, 0) is 4.84 Å². The quantitative estimate of drug-likeness (QED) is 0.845. The van der Waals surface area contributed by atoms with E-state index in [4.69, 9.17) is 4.84 Å². The van der Waals surface area contributed by atoms with Crippen molar-refractivity contribution in [3.8, 4) is 0 Å². The molecule has 0 saturated carbocycles. The van der Waals surface area contributed by atoms with E-state index in [1.54, 1.807) is 25.3 Å². The fourth-order valence-corrected chi connectivity index (χ4v) is 2.91. The number of pyridine rings is 1. The topological polar surface area (TPSA) is 57.7 Å². The summed E-state index contributed by atoms with van der Waals surface area (Å²) in [5.41, 5.74) is 5.06. The van der Waals surface area contributed by atoms with Crippen LogP contribution in [-0.4, -0.2) is 36.3 Å². The summed E-state index contributed by atoms with van der Waals surface area (Å²) in [4.78, 5) is 24.0. The van der Waals surface area contributed by atoms with Crippen LogP contribution in [0.25, 0.3) is 0 Å². The highest BCUT2D eigenvalue weighted by atomic mass is 19.1. The molecule has 1 aliphatic heterocycles. The number of hydrogen-bond acceptors (Lipinski definition) is 5. The van der Waals surface area contributed by atoms with Crippen LogP contribution in [0.3, 0.4) is 0 Å². The Hall–Kier alpha value is -2.67. The number of aryl methyl sites for hydroxylation is 1. The number of carbonyl (C=O) groups excluding carboxylic acids is 1. The normalized spacial score (nSPS) is 13.8. The highest BCUT2D eigenvalue weighted by Gasteiger charge is 2.20. The molecule has 6 nitrogen and oxygen atoms in total. The van der Waals surface area contributed by atoms with Crippen molar-refractivity contribution in [1.29, 1.82) is 0 Å². The molecule has 0 atom stereocenters. The molecule has 1 fully saturated rings. The zero-order valence-corrected chi connectivity index (χ0v) is 14.3. The number of nitrogens with zero attached hydrogens (tertiary/aromatic N) is 3. The molecule has 3 rings (SSSR count). The number of benzene rings is 1. The maximum Gasteiger partial charge on any atom is 0.299 e. The lowest BCUT2D eigenvalue weighted by atomic mass is 10.2. The van der Waals surface area contributed by atoms with E-state index in [1.807, 2.05) is 6.07 Å². The first-order chi connectivity index (χ1) is 12.1. The summed E-state index contributed by atoms with van der Waals surface area (Å²) in [7, 11) is 1.37. The average molecular weight is 344 g/mol. The fraction of sp³-hybridized carbons (Fsp3) is 0.333. The predicted molar refractivity (Wildman–Crippen MR) is 93.6 cm³/mol. The van der Waals surface area contributed by atoms with Crippen LogP contribution in [0.15, 0.2) is 36.5 Å². The van der Waals surface area contributed by atoms with Gasteiger partial charge in [-0.05, 0) is 50.1 Å². The highest BCUT2D eigenvalue weighted by Crippen LogP contribution is 2.25. The first-order valence-corrected chi connectivity index (χ1v) is 8.21. The second kappa shape index (κ2) is 7.48. The second-order valence-corrected chi connectivity index (χ2v) is 5.92. The van der Waals surface area contributed by atoms with E-state index in [1.165, 1.54) is 19.2 Å². The molecule has 132 valence electrons. The zero-order chi connectivity index (χ0) is 17.8. The zero-order valence-electron chi connectivity index (χ0n) is 14.3. The number of hydrazine groups is 1. The molecular formula is C18H21FN4O2. The van der Waals surface area contributed by atoms with Gasteiger partial charge in [-0.15, -0.1) is 5.17 Å². The average Bonchev–Trinajstić information content (AvgIpc) is 3.14. The molecule has 7 heteroatoms. The van der Waals surface area contributed by atoms with Crippen LogP contribution in [0.2, 0.25) is 0 Å². The third-order valence-electron chi connectivity index (χ3n) is 4.19. The lowest BCUT2D eigenvalue weighted by Crippen LogP contribution is -2.36. The van der Waals surface area contributed by atoms with E-state index in [0.29, 0.717) is 16.9 Å². The van der Waals surface area contributed by atoms with E-state index >= 15 is 0 Å². The van der Waals surface area contributed by atoms with E-state index < -0.39 is 5.91 Å². The van der Waals surface area contributed by atoms with Crippen molar-refractivity contribution < 1.29 is 14.0 Å². The fourth-order valence-electron chi connectivity index (χ4n) is 2.91. The van der Waals surface area contributed by atoms with E-state index in [9.17, 15) is 9.18 Å². The molecule has 1 saturated heterocycles. The molecule has 25 heavy (non-hydrogen) atoms. The van der Waals surface area contributed by atoms with Gasteiger partial charge < -0.3 is 4.90 Å². The molecule has 1 N–H and O–H groups in total. The molecule has 0 radical (unpaired) electrons. The van der Waals surface area contributed by atoms with Gasteiger partial charge in [0.2, 0.25) is 0 Å². The van der Waals surface area contributed by atoms with E-state index in [0.717, 1.165) is 36.8 Å². The van der Waals surface area contributed by atoms with E-state index in [-0.39, 0.29) is 5.82 Å². The summed E-state index contributed by atoms with van der Waals surface area (Å²) < 4.78 is 14.0. The lowest BCUT2D eigenvalue weighted by Gasteiger charge is -2.23. The number of amides is 1. The lowest BCUT2D eigenvalue weighted by molar-refractivity contribution is -0.0765. The number of carbonyl (C=O) groups is 1. The molecule has 0 unspecified atom stereocenters. The molecule has 0 bridgehead atoms. The molecule has 1 amide bonds. The molecule has 2 heterocycles. The molecule has 2 aromatic rings. The number of rotatable bonds is 5. The smallest absolute Gasteiger partial charge is 0.299 e. The predicted octanol–water partition coefficient (Wildman–Crippen LogP) is 3.16. The van der Waals surface area contributed by atoms with Gasteiger partial charge in [0.25, 0.3) is 5.91 Å². The minimum absolute atomic E-state index is 0.368. The third-order valence-corrected chi connectivity index (χ3v) is 4.19. The number of nitrogens with one attached hydrogen (secondary N) is 1. The van der Waals surface area contributed by atoms with Gasteiger partial charge in [-0.25, -0.2) is 4.39 Å². The van der Waals surface area contributed by atoms with Gasteiger partial charge in [0.15, 0.2) is 0 Å². The van der Waals surface area contributed by atoms with Crippen LogP contribution in [0.5, 0.6) is 0 Å². The van der Waals surface area contributed by atoms with Crippen molar-refractivity contribution >= 4 is 17.3 Å². The number of hydroxylamine groups is 1. The van der Waals surface area contributed by atoms with Crippen LogP contribution < -0.4 is 10.3 Å². The van der Waals surface area contributed by atoms with Crippen molar-refractivity contribution in [2.75, 3.05) is 30.5 Å². The number of halogens is 1. The van der Waals surface area contributed by atoms with Crippen LogP contribution in [0, 0.1) is 12.7 Å². The summed E-state index contributed by atoms with van der Waals surface area (Å²) in [6, 6.07) is 7.99. The summed E-state index contributed by atoms with van der Waals surface area (Å²) in [5, 5.41) is 0.979. The van der Waals surface area contributed by atoms with Crippen molar-refractivity contribution in [3.63, 3.8) is 0 Å². The van der Waals surface area contributed by atoms with Gasteiger partial charge in [0, 0.05) is 25.0 Å². The monoisotopic (exact) mass is 344 g/mol. The maximum absolute atomic E-state index is 14.0. The Morgan fingerprint density at radius 3 is 2.76 bits per heavy atom. The maximum atomic E-state index is 14.0. The summed E-state index contributed by atoms with van der Waals surface area (Å²) >= 11 is 0. The Kier molecular flexibility index (Phi) is 5.14. The van der Waals surface area contributed by atoms with Crippen LogP contribution in [0.1, 0.15) is 28.9 Å². The summed E-state index contributed by atoms with van der Waals surface area (Å²) in [6.07, 6.45) is 3.82. The number of aromatic nitrogens is 1. The largest absolute Gasteiger partial charge is 0.371 e. The molecule has 1 aliphatic rings. The van der Waals surface area contributed by atoms with Gasteiger partial charge in [-0.3, -0.25) is 20.0 Å². The van der Waals surface area contributed by atoms with Gasteiger partial charge in [-0.1, -0.05) is 0 Å². The number of anilines is 2. The second-order valence-electron chi connectivity index (χ2n) is 5.92. The standard InChI is InChI=1S/C18H21FN4O2/c1-13-17(6-5-7-20-13)18(24)23(25-2)21-15-10-14(19)11-16(12-15)22-8-3-4-9-22/h5-7,10-12,21H,3-4,8-9H2,1-2H3. The minimum Gasteiger partial charge on any atom is -0.371 e. The Balaban J connectivity index is 1.82. The Morgan fingerprint density at radius 1 is 1.32 bits per heavy atom. The third kappa shape index (κ3) is 3.88. The van der Waals surface area contributed by atoms with Gasteiger partial charge in [0.05, 0.1) is 24.1 Å². The van der Waals surface area contributed by atoms with Gasteiger partial charge in [-0.2, -0.15) is 0 Å². The van der Waals surface area contributed by atoms with Gasteiger partial charge >= 0.3 is 0 Å². The minimum atomic E-state index is -0.403. The SMILES string of the molecule is CON(Nc1cc(F)cc(N2CCCC2)c1)C(=O)c1cccnc1C.